The molecule has 1 N–H and O–H groups in total. The maximum Gasteiger partial charge on any atom is 0.166 e. The summed E-state index contributed by atoms with van der Waals surface area (Å²) in [5, 5.41) is 13.7. The Balaban J connectivity index is 2.02. The molecule has 15 heavy (non-hydrogen) atoms. The summed E-state index contributed by atoms with van der Waals surface area (Å²) in [6, 6.07) is 0.903. The largest absolute Gasteiger partial charge is 0.409 e. The Morgan fingerprint density at radius 2 is 2.33 bits per heavy atom. The van der Waals surface area contributed by atoms with Crippen molar-refractivity contribution in [3.8, 4) is 0 Å². The molecule has 0 aromatic carbocycles. The molecular weight excluding hydrogens is 210 g/mol. The van der Waals surface area contributed by atoms with E-state index in [-0.39, 0.29) is 4.75 Å². The van der Waals surface area contributed by atoms with E-state index in [0.717, 1.165) is 11.0 Å². The van der Waals surface area contributed by atoms with E-state index in [2.05, 4.69) is 23.9 Å². The SMILES string of the molecule is CC1(C)SC2=NC3CCCC3N2/C1=N\O. The Bertz CT molecular complexity index is 364. The lowest BCUT2D eigenvalue weighted by molar-refractivity contribution is 0.302. The van der Waals surface area contributed by atoms with Crippen LogP contribution in [0.2, 0.25) is 0 Å². The fourth-order valence-electron chi connectivity index (χ4n) is 2.77. The molecule has 0 radical (unpaired) electrons. The van der Waals surface area contributed by atoms with Crippen molar-refractivity contribution < 1.29 is 5.21 Å². The van der Waals surface area contributed by atoms with Crippen molar-refractivity contribution in [2.75, 3.05) is 0 Å². The maximum atomic E-state index is 9.15. The Hall–Kier alpha value is -0.710. The second kappa shape index (κ2) is 2.90. The fourth-order valence-corrected chi connectivity index (χ4v) is 3.97. The standard InChI is InChI=1S/C10H15N3OS/c1-10(2)8(12-14)13-7-5-3-4-6(7)11-9(13)15-10/h6-7,14H,3-5H2,1-2H3/b12-8-. The molecule has 5 heteroatoms. The van der Waals surface area contributed by atoms with Crippen LogP contribution in [-0.2, 0) is 0 Å². The third kappa shape index (κ3) is 1.16. The molecule has 0 bridgehead atoms. The minimum Gasteiger partial charge on any atom is -0.409 e. The average Bonchev–Trinajstić information content (AvgIpc) is 2.73. The van der Waals surface area contributed by atoms with Gasteiger partial charge < -0.3 is 10.1 Å². The van der Waals surface area contributed by atoms with Crippen LogP contribution >= 0.6 is 11.8 Å². The van der Waals surface area contributed by atoms with Crippen LogP contribution < -0.4 is 0 Å². The molecule has 82 valence electrons. The minimum atomic E-state index is -0.138. The number of oxime groups is 1. The lowest BCUT2D eigenvalue weighted by atomic mass is 10.1. The van der Waals surface area contributed by atoms with Crippen LogP contribution in [0, 0.1) is 0 Å². The number of nitrogens with zero attached hydrogens (tertiary/aromatic N) is 3. The minimum absolute atomic E-state index is 0.138. The summed E-state index contributed by atoms with van der Waals surface area (Å²) in [5.41, 5.74) is 0. The van der Waals surface area contributed by atoms with E-state index >= 15 is 0 Å². The molecule has 2 atom stereocenters. The number of hydrogen-bond donors (Lipinski definition) is 1. The van der Waals surface area contributed by atoms with Gasteiger partial charge in [-0.15, -0.1) is 0 Å². The molecule has 2 fully saturated rings. The molecule has 0 aromatic rings. The van der Waals surface area contributed by atoms with Crippen LogP contribution in [0.5, 0.6) is 0 Å². The van der Waals surface area contributed by atoms with Gasteiger partial charge in [0.1, 0.15) is 0 Å². The highest BCUT2D eigenvalue weighted by atomic mass is 32.2. The molecule has 2 unspecified atom stereocenters. The van der Waals surface area contributed by atoms with Crippen LogP contribution in [0.1, 0.15) is 33.1 Å². The third-order valence-corrected chi connectivity index (χ3v) is 4.64. The van der Waals surface area contributed by atoms with E-state index in [1.807, 2.05) is 0 Å². The number of thioether (sulfide) groups is 1. The van der Waals surface area contributed by atoms with Crippen molar-refractivity contribution in [3.63, 3.8) is 0 Å². The molecule has 0 amide bonds. The Labute approximate surface area is 93.4 Å². The second-order valence-electron chi connectivity index (χ2n) is 4.88. The van der Waals surface area contributed by atoms with Gasteiger partial charge in [-0.2, -0.15) is 0 Å². The first kappa shape index (κ1) is 9.51. The molecule has 4 nitrogen and oxygen atoms in total. The van der Waals surface area contributed by atoms with Crippen LogP contribution in [0.15, 0.2) is 10.1 Å². The number of amidine groups is 2. The molecule has 1 aliphatic carbocycles. The zero-order chi connectivity index (χ0) is 10.6. The van der Waals surface area contributed by atoms with E-state index < -0.39 is 0 Å². The van der Waals surface area contributed by atoms with Gasteiger partial charge >= 0.3 is 0 Å². The van der Waals surface area contributed by atoms with Crippen LogP contribution in [0.4, 0.5) is 0 Å². The second-order valence-corrected chi connectivity index (χ2v) is 6.47. The maximum absolute atomic E-state index is 9.15. The van der Waals surface area contributed by atoms with Gasteiger partial charge in [-0.25, -0.2) is 0 Å². The quantitative estimate of drug-likeness (QED) is 0.506. The van der Waals surface area contributed by atoms with Gasteiger partial charge in [0.05, 0.1) is 16.8 Å². The van der Waals surface area contributed by atoms with Gasteiger partial charge in [-0.3, -0.25) is 4.99 Å². The number of hydrogen-bond acceptors (Lipinski definition) is 4. The smallest absolute Gasteiger partial charge is 0.166 e. The molecule has 3 rings (SSSR count). The van der Waals surface area contributed by atoms with Gasteiger partial charge in [0, 0.05) is 0 Å². The Kier molecular flexibility index (Phi) is 1.84. The number of rotatable bonds is 0. The third-order valence-electron chi connectivity index (χ3n) is 3.47. The van der Waals surface area contributed by atoms with Crippen molar-refractivity contribution in [2.24, 2.45) is 10.1 Å². The van der Waals surface area contributed by atoms with Crippen molar-refractivity contribution in [2.45, 2.75) is 49.9 Å². The highest BCUT2D eigenvalue weighted by Crippen LogP contribution is 2.46. The van der Waals surface area contributed by atoms with E-state index in [9.17, 15) is 0 Å². The molecule has 0 aromatic heterocycles. The van der Waals surface area contributed by atoms with Gasteiger partial charge in [-0.1, -0.05) is 16.9 Å². The van der Waals surface area contributed by atoms with Crippen LogP contribution in [-0.4, -0.2) is 37.9 Å². The average molecular weight is 225 g/mol. The topological polar surface area (TPSA) is 48.2 Å². The van der Waals surface area contributed by atoms with Gasteiger partial charge in [-0.05, 0) is 33.1 Å². The molecule has 1 saturated heterocycles. The predicted octanol–water partition coefficient (Wildman–Crippen LogP) is 1.89. The van der Waals surface area contributed by atoms with Gasteiger partial charge in [0.25, 0.3) is 0 Å². The highest BCUT2D eigenvalue weighted by molar-refractivity contribution is 8.16. The van der Waals surface area contributed by atoms with Gasteiger partial charge in [0.2, 0.25) is 0 Å². The summed E-state index contributed by atoms with van der Waals surface area (Å²) in [7, 11) is 0. The lowest BCUT2D eigenvalue weighted by Gasteiger charge is -2.24. The fraction of sp³-hybridized carbons (Fsp3) is 0.800. The Morgan fingerprint density at radius 1 is 1.53 bits per heavy atom. The highest BCUT2D eigenvalue weighted by Gasteiger charge is 2.52. The first-order chi connectivity index (χ1) is 7.13. The first-order valence-electron chi connectivity index (χ1n) is 5.42. The molecule has 2 aliphatic heterocycles. The first-order valence-corrected chi connectivity index (χ1v) is 6.24. The summed E-state index contributed by atoms with van der Waals surface area (Å²) < 4.78 is -0.138. The summed E-state index contributed by atoms with van der Waals surface area (Å²) >= 11 is 1.71. The summed E-state index contributed by atoms with van der Waals surface area (Å²) in [4.78, 5) is 6.87. The van der Waals surface area contributed by atoms with Crippen molar-refractivity contribution >= 4 is 22.8 Å². The van der Waals surface area contributed by atoms with Gasteiger partial charge in [0.15, 0.2) is 11.0 Å². The van der Waals surface area contributed by atoms with Crippen molar-refractivity contribution in [3.05, 3.63) is 0 Å². The van der Waals surface area contributed by atoms with E-state index in [1.165, 1.54) is 19.3 Å². The summed E-state index contributed by atoms with van der Waals surface area (Å²) in [6.45, 7) is 4.16. The molecule has 1 saturated carbocycles. The van der Waals surface area contributed by atoms with E-state index in [1.54, 1.807) is 11.8 Å². The van der Waals surface area contributed by atoms with Crippen molar-refractivity contribution in [1.82, 2.24) is 4.90 Å². The lowest BCUT2D eigenvalue weighted by Crippen LogP contribution is -2.42. The molecule has 0 spiro atoms. The monoisotopic (exact) mass is 225 g/mol. The number of aliphatic imine (C=N–C) groups is 1. The predicted molar refractivity (Wildman–Crippen MR) is 61.6 cm³/mol. The normalized spacial score (nSPS) is 39.5. The molecular formula is C10H15N3OS. The van der Waals surface area contributed by atoms with E-state index in [0.29, 0.717) is 12.1 Å². The number of fused-ring (bicyclic) bond motifs is 3. The van der Waals surface area contributed by atoms with Crippen LogP contribution in [0.3, 0.4) is 0 Å². The zero-order valence-corrected chi connectivity index (χ0v) is 9.79. The Morgan fingerprint density at radius 3 is 3.07 bits per heavy atom. The summed E-state index contributed by atoms with van der Waals surface area (Å²) in [5.74, 6) is 0.778. The molecule has 2 heterocycles. The van der Waals surface area contributed by atoms with Crippen LogP contribution in [0.25, 0.3) is 0 Å². The van der Waals surface area contributed by atoms with Crippen molar-refractivity contribution in [1.29, 1.82) is 0 Å². The molecule has 3 aliphatic rings. The van der Waals surface area contributed by atoms with E-state index in [4.69, 9.17) is 10.2 Å². The summed E-state index contributed by atoms with van der Waals surface area (Å²) in [6.07, 6.45) is 3.60. The zero-order valence-electron chi connectivity index (χ0n) is 8.97.